The lowest BCUT2D eigenvalue weighted by Gasteiger charge is -2.13. The van der Waals surface area contributed by atoms with Gasteiger partial charge in [0.15, 0.2) is 0 Å². The van der Waals surface area contributed by atoms with Gasteiger partial charge >= 0.3 is 0 Å². The van der Waals surface area contributed by atoms with Crippen LogP contribution in [0.2, 0.25) is 0 Å². The van der Waals surface area contributed by atoms with Gasteiger partial charge in [0.05, 0.1) is 21.5 Å². The van der Waals surface area contributed by atoms with Gasteiger partial charge < -0.3 is 5.32 Å². The molecule has 1 aromatic carbocycles. The first kappa shape index (κ1) is 15.8. The summed E-state index contributed by atoms with van der Waals surface area (Å²) in [4.78, 5) is 16.2. The second kappa shape index (κ2) is 6.99. The van der Waals surface area contributed by atoms with E-state index in [1.54, 1.807) is 46.9 Å². The summed E-state index contributed by atoms with van der Waals surface area (Å²) in [6.45, 7) is 0. The van der Waals surface area contributed by atoms with Gasteiger partial charge in [0, 0.05) is 17.5 Å². The van der Waals surface area contributed by atoms with E-state index in [1.807, 2.05) is 18.5 Å². The molecule has 23 heavy (non-hydrogen) atoms. The average Bonchev–Trinajstić information content (AvgIpc) is 3.24. The number of rotatable bonds is 6. The van der Waals surface area contributed by atoms with Gasteiger partial charge in [0.1, 0.15) is 5.01 Å². The summed E-state index contributed by atoms with van der Waals surface area (Å²) < 4.78 is 0. The van der Waals surface area contributed by atoms with Crippen molar-refractivity contribution in [3.63, 3.8) is 0 Å². The Kier molecular flexibility index (Phi) is 4.80. The molecule has 7 heteroatoms. The number of non-ortho nitro benzene ring substituents is 1. The van der Waals surface area contributed by atoms with Crippen molar-refractivity contribution in [1.29, 1.82) is 0 Å². The summed E-state index contributed by atoms with van der Waals surface area (Å²) in [6, 6.07) is 10.9. The number of thiophene rings is 1. The molecule has 0 spiro atoms. The normalized spacial score (nSPS) is 12.2. The Bertz CT molecular complexity index is 782. The summed E-state index contributed by atoms with van der Waals surface area (Å²) in [5.74, 6) is 0. The third kappa shape index (κ3) is 3.64. The summed E-state index contributed by atoms with van der Waals surface area (Å²) in [6.07, 6.45) is 0.738. The number of nitrogens with one attached hydrogen (secondary N) is 1. The van der Waals surface area contributed by atoms with Gasteiger partial charge in [-0.1, -0.05) is 18.2 Å². The number of nitro groups is 1. The molecule has 0 aliphatic rings. The van der Waals surface area contributed by atoms with Gasteiger partial charge in [-0.2, -0.15) is 0 Å². The predicted octanol–water partition coefficient (Wildman–Crippen LogP) is 4.28. The molecule has 0 aliphatic carbocycles. The monoisotopic (exact) mass is 345 g/mol. The van der Waals surface area contributed by atoms with E-state index in [2.05, 4.69) is 16.8 Å². The number of hydrogen-bond donors (Lipinski definition) is 1. The zero-order chi connectivity index (χ0) is 16.2. The number of nitro benzene ring substituents is 1. The van der Waals surface area contributed by atoms with Crippen molar-refractivity contribution in [2.45, 2.75) is 12.5 Å². The lowest BCUT2D eigenvalue weighted by Crippen LogP contribution is -2.19. The fourth-order valence-electron chi connectivity index (χ4n) is 2.30. The van der Waals surface area contributed by atoms with Gasteiger partial charge in [-0.3, -0.25) is 10.1 Å². The topological polar surface area (TPSA) is 68.1 Å². The van der Waals surface area contributed by atoms with Crippen molar-refractivity contribution >= 4 is 28.4 Å². The molecule has 0 radical (unpaired) electrons. The highest BCUT2D eigenvalue weighted by Gasteiger charge is 2.16. The molecular weight excluding hydrogens is 330 g/mol. The Morgan fingerprint density at radius 1 is 1.26 bits per heavy atom. The standard InChI is InChI=1S/C16H15N3O2S2/c1-17-13(9-11-4-6-12(7-5-11)19(20)21)14-10-23-16(18-14)15-3-2-8-22-15/h2-8,10,13,17H,9H2,1H3/t13-/m0/s1. The Morgan fingerprint density at radius 3 is 2.65 bits per heavy atom. The zero-order valence-corrected chi connectivity index (χ0v) is 14.1. The molecule has 0 saturated heterocycles. The van der Waals surface area contributed by atoms with E-state index < -0.39 is 0 Å². The van der Waals surface area contributed by atoms with Gasteiger partial charge in [-0.15, -0.1) is 22.7 Å². The van der Waals surface area contributed by atoms with Crippen LogP contribution in [0.3, 0.4) is 0 Å². The summed E-state index contributed by atoms with van der Waals surface area (Å²) in [5, 5.41) is 19.1. The number of likely N-dealkylation sites (N-methyl/N-ethyl adjacent to an activating group) is 1. The van der Waals surface area contributed by atoms with Crippen LogP contribution in [0.5, 0.6) is 0 Å². The van der Waals surface area contributed by atoms with Crippen molar-refractivity contribution in [2.24, 2.45) is 0 Å². The van der Waals surface area contributed by atoms with E-state index in [0.717, 1.165) is 22.7 Å². The number of aromatic nitrogens is 1. The van der Waals surface area contributed by atoms with Gasteiger partial charge in [-0.25, -0.2) is 4.98 Å². The lowest BCUT2D eigenvalue weighted by molar-refractivity contribution is -0.384. The molecule has 1 N–H and O–H groups in total. The SMILES string of the molecule is CN[C@@H](Cc1ccc([N+](=O)[O-])cc1)c1csc(-c2cccs2)n1. The summed E-state index contributed by atoms with van der Waals surface area (Å²) in [7, 11) is 1.90. The van der Waals surface area contributed by atoms with E-state index in [0.29, 0.717) is 0 Å². The number of nitrogens with zero attached hydrogens (tertiary/aromatic N) is 2. The van der Waals surface area contributed by atoms with E-state index in [1.165, 1.54) is 4.88 Å². The third-order valence-electron chi connectivity index (χ3n) is 3.55. The summed E-state index contributed by atoms with van der Waals surface area (Å²) in [5.41, 5.74) is 2.16. The minimum atomic E-state index is -0.382. The highest BCUT2D eigenvalue weighted by Crippen LogP contribution is 2.30. The third-order valence-corrected chi connectivity index (χ3v) is 5.45. The van der Waals surface area contributed by atoms with Crippen LogP contribution in [0.15, 0.2) is 47.2 Å². The van der Waals surface area contributed by atoms with Crippen LogP contribution in [0.25, 0.3) is 9.88 Å². The fourth-order valence-corrected chi connectivity index (χ4v) is 3.99. The molecule has 0 unspecified atom stereocenters. The first-order chi connectivity index (χ1) is 11.2. The minimum absolute atomic E-state index is 0.0846. The highest BCUT2D eigenvalue weighted by atomic mass is 32.1. The van der Waals surface area contributed by atoms with E-state index >= 15 is 0 Å². The molecule has 1 atom stereocenters. The highest BCUT2D eigenvalue weighted by molar-refractivity contribution is 7.20. The van der Waals surface area contributed by atoms with Crippen LogP contribution in [-0.2, 0) is 6.42 Å². The molecule has 2 heterocycles. The van der Waals surface area contributed by atoms with Crippen LogP contribution in [0.1, 0.15) is 17.3 Å². The minimum Gasteiger partial charge on any atom is -0.311 e. The molecule has 5 nitrogen and oxygen atoms in total. The maximum absolute atomic E-state index is 10.7. The van der Waals surface area contributed by atoms with Crippen molar-refractivity contribution in [1.82, 2.24) is 10.3 Å². The Hall–Kier alpha value is -2.09. The molecule has 0 amide bonds. The average molecular weight is 345 g/mol. The molecule has 0 fully saturated rings. The zero-order valence-electron chi connectivity index (χ0n) is 12.4. The molecule has 0 saturated carbocycles. The maximum Gasteiger partial charge on any atom is 0.269 e. The number of benzene rings is 1. The Balaban J connectivity index is 1.76. The largest absolute Gasteiger partial charge is 0.311 e. The Morgan fingerprint density at radius 2 is 2.04 bits per heavy atom. The Labute approximate surface area is 141 Å². The van der Waals surface area contributed by atoms with Crippen molar-refractivity contribution in [3.8, 4) is 9.88 Å². The van der Waals surface area contributed by atoms with Gasteiger partial charge in [-0.05, 0) is 30.5 Å². The molecule has 0 aliphatic heterocycles. The number of thiazole rings is 1. The maximum atomic E-state index is 10.7. The van der Waals surface area contributed by atoms with Crippen LogP contribution in [0, 0.1) is 10.1 Å². The summed E-state index contributed by atoms with van der Waals surface area (Å²) >= 11 is 3.32. The first-order valence-corrected chi connectivity index (χ1v) is 8.83. The van der Waals surface area contributed by atoms with Gasteiger partial charge in [0.2, 0.25) is 0 Å². The van der Waals surface area contributed by atoms with Crippen LogP contribution in [0.4, 0.5) is 5.69 Å². The van der Waals surface area contributed by atoms with Crippen molar-refractivity contribution < 1.29 is 4.92 Å². The predicted molar refractivity (Wildman–Crippen MR) is 94.0 cm³/mol. The van der Waals surface area contributed by atoms with E-state index in [9.17, 15) is 10.1 Å². The fraction of sp³-hybridized carbons (Fsp3) is 0.188. The molecule has 0 bridgehead atoms. The quantitative estimate of drug-likeness (QED) is 0.535. The van der Waals surface area contributed by atoms with Crippen LogP contribution >= 0.6 is 22.7 Å². The van der Waals surface area contributed by atoms with Crippen LogP contribution < -0.4 is 5.32 Å². The number of hydrogen-bond acceptors (Lipinski definition) is 6. The van der Waals surface area contributed by atoms with E-state index in [-0.39, 0.29) is 16.7 Å². The molecule has 2 aromatic heterocycles. The first-order valence-electron chi connectivity index (χ1n) is 7.07. The molecule has 3 aromatic rings. The van der Waals surface area contributed by atoms with Crippen LogP contribution in [-0.4, -0.2) is 17.0 Å². The van der Waals surface area contributed by atoms with Crippen molar-refractivity contribution in [3.05, 3.63) is 68.5 Å². The molecular formula is C16H15N3O2S2. The van der Waals surface area contributed by atoms with Gasteiger partial charge in [0.25, 0.3) is 5.69 Å². The molecule has 118 valence electrons. The second-order valence-electron chi connectivity index (χ2n) is 5.02. The molecule has 3 rings (SSSR count). The van der Waals surface area contributed by atoms with E-state index in [4.69, 9.17) is 4.98 Å². The smallest absolute Gasteiger partial charge is 0.269 e. The lowest BCUT2D eigenvalue weighted by atomic mass is 10.0. The van der Waals surface area contributed by atoms with Crippen molar-refractivity contribution in [2.75, 3.05) is 7.05 Å². The second-order valence-corrected chi connectivity index (χ2v) is 6.83.